The van der Waals surface area contributed by atoms with Gasteiger partial charge in [0.05, 0.1) is 29.6 Å². The number of carbonyl (C=O) groups is 1. The largest absolute Gasteiger partial charge is 0.496 e. The first kappa shape index (κ1) is 20.3. The molecule has 7 heteroatoms. The number of hydrogen-bond donors (Lipinski definition) is 0. The molecule has 0 radical (unpaired) electrons. The Kier molecular flexibility index (Phi) is 6.21. The highest BCUT2D eigenvalue weighted by Gasteiger charge is 2.12. The van der Waals surface area contributed by atoms with Gasteiger partial charge in [0, 0.05) is 21.3 Å². The topological polar surface area (TPSA) is 61.3 Å². The molecular weight excluding hydrogens is 464 g/mol. The second-order valence-electron chi connectivity index (χ2n) is 6.36. The van der Waals surface area contributed by atoms with Crippen LogP contribution in [0.1, 0.15) is 11.4 Å². The summed E-state index contributed by atoms with van der Waals surface area (Å²) < 4.78 is 11.7. The van der Waals surface area contributed by atoms with Crippen molar-refractivity contribution in [2.24, 2.45) is 0 Å². The lowest BCUT2D eigenvalue weighted by Crippen LogP contribution is -2.01. The molecular formula is C23H17BrN2O3S. The fraction of sp³-hybridized carbons (Fsp3) is 0.0870. The standard InChI is InChI=1S/C23H17BrN2O3S/c1-28-21-10-7-16(24)12-19(21)23-26-18(14-30-23)13-29-22(27)11-9-17-8-6-15-4-2-3-5-20(15)25-17/h2-12,14H,13H2,1H3/b11-9+. The number of halogens is 1. The minimum absolute atomic E-state index is 0.0984. The van der Waals surface area contributed by atoms with Crippen molar-refractivity contribution >= 4 is 50.2 Å². The average molecular weight is 481 g/mol. The smallest absolute Gasteiger partial charge is 0.331 e. The molecule has 0 N–H and O–H groups in total. The third kappa shape index (κ3) is 4.75. The van der Waals surface area contributed by atoms with Crippen LogP contribution >= 0.6 is 27.3 Å². The van der Waals surface area contributed by atoms with Crippen LogP contribution in [0.3, 0.4) is 0 Å². The van der Waals surface area contributed by atoms with Gasteiger partial charge in [0.2, 0.25) is 0 Å². The van der Waals surface area contributed by atoms with Gasteiger partial charge in [-0.25, -0.2) is 14.8 Å². The quantitative estimate of drug-likeness (QED) is 0.254. The highest BCUT2D eigenvalue weighted by Crippen LogP contribution is 2.34. The van der Waals surface area contributed by atoms with Crippen molar-refractivity contribution in [2.75, 3.05) is 7.11 Å². The highest BCUT2D eigenvalue weighted by atomic mass is 79.9. The van der Waals surface area contributed by atoms with Gasteiger partial charge in [0.15, 0.2) is 0 Å². The molecule has 2 heterocycles. The molecule has 0 fully saturated rings. The molecule has 30 heavy (non-hydrogen) atoms. The fourth-order valence-corrected chi connectivity index (χ4v) is 4.05. The molecule has 0 spiro atoms. The minimum Gasteiger partial charge on any atom is -0.496 e. The van der Waals surface area contributed by atoms with Crippen LogP contribution in [0.2, 0.25) is 0 Å². The molecule has 150 valence electrons. The van der Waals surface area contributed by atoms with Gasteiger partial charge in [-0.05, 0) is 36.4 Å². The highest BCUT2D eigenvalue weighted by molar-refractivity contribution is 9.10. The molecule has 0 saturated carbocycles. The number of methoxy groups -OCH3 is 1. The Balaban J connectivity index is 1.39. The zero-order valence-corrected chi connectivity index (χ0v) is 18.4. The summed E-state index contributed by atoms with van der Waals surface area (Å²) in [6.45, 7) is 0.0984. The van der Waals surface area contributed by atoms with Gasteiger partial charge in [0.25, 0.3) is 0 Å². The molecule has 4 rings (SSSR count). The van der Waals surface area contributed by atoms with E-state index in [-0.39, 0.29) is 6.61 Å². The maximum atomic E-state index is 12.1. The number of para-hydroxylation sites is 1. The lowest BCUT2D eigenvalue weighted by molar-refractivity contribution is -0.139. The van der Waals surface area contributed by atoms with Crippen molar-refractivity contribution in [2.45, 2.75) is 6.61 Å². The maximum absolute atomic E-state index is 12.1. The minimum atomic E-state index is -0.445. The number of esters is 1. The summed E-state index contributed by atoms with van der Waals surface area (Å²) in [6, 6.07) is 17.4. The molecule has 0 amide bonds. The zero-order chi connectivity index (χ0) is 20.9. The summed E-state index contributed by atoms with van der Waals surface area (Å²) in [7, 11) is 1.62. The monoisotopic (exact) mass is 480 g/mol. The fourth-order valence-electron chi connectivity index (χ4n) is 2.87. The molecule has 0 unspecified atom stereocenters. The average Bonchev–Trinajstić information content (AvgIpc) is 3.25. The molecule has 0 aliphatic rings. The first-order chi connectivity index (χ1) is 14.6. The van der Waals surface area contributed by atoms with Crippen LogP contribution in [0.5, 0.6) is 5.75 Å². The van der Waals surface area contributed by atoms with E-state index in [2.05, 4.69) is 25.9 Å². The Morgan fingerprint density at radius 1 is 1.13 bits per heavy atom. The number of nitrogens with zero attached hydrogens (tertiary/aromatic N) is 2. The molecule has 5 nitrogen and oxygen atoms in total. The Morgan fingerprint density at radius 2 is 2.00 bits per heavy atom. The number of rotatable bonds is 6. The van der Waals surface area contributed by atoms with E-state index in [1.165, 1.54) is 17.4 Å². The van der Waals surface area contributed by atoms with Crippen LogP contribution in [0.4, 0.5) is 0 Å². The van der Waals surface area contributed by atoms with Crippen molar-refractivity contribution in [3.63, 3.8) is 0 Å². The number of fused-ring (bicyclic) bond motifs is 1. The van der Waals surface area contributed by atoms with Crippen molar-refractivity contribution in [3.05, 3.63) is 81.9 Å². The van der Waals surface area contributed by atoms with Crippen LogP contribution in [0, 0.1) is 0 Å². The normalized spacial score (nSPS) is 11.1. The SMILES string of the molecule is COc1ccc(Br)cc1-c1nc(COC(=O)/C=C/c2ccc3ccccc3n2)cs1. The van der Waals surface area contributed by atoms with Gasteiger partial charge in [-0.2, -0.15) is 0 Å². The zero-order valence-electron chi connectivity index (χ0n) is 16.0. The van der Waals surface area contributed by atoms with Gasteiger partial charge in [-0.3, -0.25) is 0 Å². The van der Waals surface area contributed by atoms with E-state index in [1.807, 2.05) is 60.0 Å². The van der Waals surface area contributed by atoms with Crippen LogP contribution in [-0.2, 0) is 16.1 Å². The van der Waals surface area contributed by atoms with Crippen molar-refractivity contribution in [1.82, 2.24) is 9.97 Å². The summed E-state index contributed by atoms with van der Waals surface area (Å²) in [5, 5.41) is 3.73. The van der Waals surface area contributed by atoms with Crippen LogP contribution < -0.4 is 4.74 Å². The number of thiazole rings is 1. The van der Waals surface area contributed by atoms with E-state index in [1.54, 1.807) is 13.2 Å². The van der Waals surface area contributed by atoms with Gasteiger partial charge in [0.1, 0.15) is 17.4 Å². The van der Waals surface area contributed by atoms with Crippen LogP contribution in [0.25, 0.3) is 27.6 Å². The van der Waals surface area contributed by atoms with Crippen LogP contribution in [-0.4, -0.2) is 23.0 Å². The third-order valence-electron chi connectivity index (χ3n) is 4.32. The van der Waals surface area contributed by atoms with Crippen molar-refractivity contribution in [1.29, 1.82) is 0 Å². The molecule has 0 aliphatic heterocycles. The van der Waals surface area contributed by atoms with E-state index >= 15 is 0 Å². The Bertz CT molecular complexity index is 1240. The number of carbonyl (C=O) groups excluding carboxylic acids is 1. The first-order valence-corrected chi connectivity index (χ1v) is 10.8. The van der Waals surface area contributed by atoms with E-state index in [0.717, 1.165) is 31.7 Å². The van der Waals surface area contributed by atoms with Gasteiger partial charge in [-0.15, -0.1) is 11.3 Å². The summed E-state index contributed by atoms with van der Waals surface area (Å²) >= 11 is 4.94. The Morgan fingerprint density at radius 3 is 2.87 bits per heavy atom. The predicted molar refractivity (Wildman–Crippen MR) is 122 cm³/mol. The maximum Gasteiger partial charge on any atom is 0.331 e. The number of benzene rings is 2. The summed E-state index contributed by atoms with van der Waals surface area (Å²) in [5.41, 5.74) is 3.15. The Hall–Kier alpha value is -3.03. The lowest BCUT2D eigenvalue weighted by atomic mass is 10.2. The van der Waals surface area contributed by atoms with E-state index in [4.69, 9.17) is 9.47 Å². The summed E-state index contributed by atoms with van der Waals surface area (Å²) in [4.78, 5) is 21.2. The molecule has 0 saturated heterocycles. The Labute approximate surface area is 186 Å². The van der Waals surface area contributed by atoms with Gasteiger partial charge >= 0.3 is 5.97 Å². The van der Waals surface area contributed by atoms with E-state index in [9.17, 15) is 4.79 Å². The van der Waals surface area contributed by atoms with Gasteiger partial charge in [-0.1, -0.05) is 40.2 Å². The summed E-state index contributed by atoms with van der Waals surface area (Å²) in [6.07, 6.45) is 3.02. The van der Waals surface area contributed by atoms with Crippen molar-refractivity contribution in [3.8, 4) is 16.3 Å². The third-order valence-corrected chi connectivity index (χ3v) is 5.73. The van der Waals surface area contributed by atoms with E-state index < -0.39 is 5.97 Å². The molecule has 0 bridgehead atoms. The molecule has 2 aromatic carbocycles. The van der Waals surface area contributed by atoms with Crippen LogP contribution in [0.15, 0.2) is 70.5 Å². The predicted octanol–water partition coefficient (Wildman–Crippen LogP) is 5.89. The number of hydrogen-bond acceptors (Lipinski definition) is 6. The molecule has 4 aromatic rings. The number of ether oxygens (including phenoxy) is 2. The molecule has 0 aliphatic carbocycles. The molecule has 2 aromatic heterocycles. The summed E-state index contributed by atoms with van der Waals surface area (Å²) in [5.74, 6) is 0.293. The second-order valence-corrected chi connectivity index (χ2v) is 8.13. The van der Waals surface area contributed by atoms with Crippen molar-refractivity contribution < 1.29 is 14.3 Å². The van der Waals surface area contributed by atoms with E-state index in [0.29, 0.717) is 11.4 Å². The number of pyridine rings is 1. The number of aromatic nitrogens is 2. The second kappa shape index (κ2) is 9.19. The first-order valence-electron chi connectivity index (χ1n) is 9.11. The lowest BCUT2D eigenvalue weighted by Gasteiger charge is -2.06. The van der Waals surface area contributed by atoms with Gasteiger partial charge < -0.3 is 9.47 Å². The molecule has 0 atom stereocenters.